The molecule has 0 aromatic heterocycles. The number of hydrogen-bond acceptors (Lipinski definition) is 5. The van der Waals surface area contributed by atoms with Crippen molar-refractivity contribution >= 4 is 23.5 Å². The minimum atomic E-state index is -0.668. The summed E-state index contributed by atoms with van der Waals surface area (Å²) in [6, 6.07) is 11.4. The van der Waals surface area contributed by atoms with Crippen LogP contribution in [0.3, 0.4) is 0 Å². The van der Waals surface area contributed by atoms with E-state index in [-0.39, 0.29) is 12.1 Å². The zero-order valence-electron chi connectivity index (χ0n) is 14.0. The second-order valence-electron chi connectivity index (χ2n) is 5.14. The molecule has 0 saturated heterocycles. The lowest BCUT2D eigenvalue weighted by molar-refractivity contribution is -0.126. The molecule has 0 aliphatic carbocycles. The first kappa shape index (κ1) is 18.9. The van der Waals surface area contributed by atoms with E-state index in [1.807, 2.05) is 0 Å². The molecule has 2 amide bonds. The minimum Gasteiger partial charge on any atom is -0.497 e. The Morgan fingerprint density at radius 3 is 2.23 bits per heavy atom. The Kier molecular flexibility index (Phi) is 6.67. The molecule has 7 nitrogen and oxygen atoms in total. The van der Waals surface area contributed by atoms with Crippen LogP contribution >= 0.6 is 0 Å². The van der Waals surface area contributed by atoms with E-state index >= 15 is 0 Å². The SMILES string of the molecule is COc1ccc(C(=O)OCC(=O)NCC(=O)Nc2ccc(F)cc2)cc1. The van der Waals surface area contributed by atoms with Crippen LogP contribution < -0.4 is 15.4 Å². The Bertz CT molecular complexity index is 775. The molecule has 0 radical (unpaired) electrons. The van der Waals surface area contributed by atoms with Gasteiger partial charge in [0.15, 0.2) is 6.61 Å². The Labute approximate surface area is 149 Å². The smallest absolute Gasteiger partial charge is 0.338 e. The van der Waals surface area contributed by atoms with Crippen molar-refractivity contribution in [2.24, 2.45) is 0 Å². The Morgan fingerprint density at radius 1 is 0.962 bits per heavy atom. The number of methoxy groups -OCH3 is 1. The molecule has 136 valence electrons. The monoisotopic (exact) mass is 360 g/mol. The molecule has 26 heavy (non-hydrogen) atoms. The normalized spacial score (nSPS) is 9.92. The molecule has 0 unspecified atom stereocenters. The van der Waals surface area contributed by atoms with Gasteiger partial charge >= 0.3 is 5.97 Å². The van der Waals surface area contributed by atoms with E-state index in [1.165, 1.54) is 43.5 Å². The van der Waals surface area contributed by atoms with Crippen molar-refractivity contribution in [1.29, 1.82) is 0 Å². The molecule has 2 N–H and O–H groups in total. The molecule has 0 saturated carbocycles. The molecular weight excluding hydrogens is 343 g/mol. The molecule has 0 aliphatic rings. The van der Waals surface area contributed by atoms with Gasteiger partial charge in [-0.3, -0.25) is 9.59 Å². The third-order valence-corrected chi connectivity index (χ3v) is 3.23. The number of amides is 2. The molecule has 0 bridgehead atoms. The molecule has 0 fully saturated rings. The molecule has 8 heteroatoms. The Hall–Kier alpha value is -3.42. The van der Waals surface area contributed by atoms with Crippen molar-refractivity contribution in [3.05, 3.63) is 59.9 Å². The van der Waals surface area contributed by atoms with Gasteiger partial charge in [0.2, 0.25) is 5.91 Å². The summed E-state index contributed by atoms with van der Waals surface area (Å²) in [5.41, 5.74) is 0.671. The number of benzene rings is 2. The van der Waals surface area contributed by atoms with E-state index in [2.05, 4.69) is 10.6 Å². The fraction of sp³-hybridized carbons (Fsp3) is 0.167. The lowest BCUT2D eigenvalue weighted by atomic mass is 10.2. The number of esters is 1. The van der Waals surface area contributed by atoms with Gasteiger partial charge in [-0.15, -0.1) is 0 Å². The molecule has 0 atom stereocenters. The van der Waals surface area contributed by atoms with Gasteiger partial charge in [0, 0.05) is 5.69 Å². The maximum absolute atomic E-state index is 12.8. The molecule has 0 aliphatic heterocycles. The van der Waals surface area contributed by atoms with E-state index in [1.54, 1.807) is 12.1 Å². The summed E-state index contributed by atoms with van der Waals surface area (Å²) >= 11 is 0. The van der Waals surface area contributed by atoms with Crippen LogP contribution in [-0.2, 0) is 14.3 Å². The van der Waals surface area contributed by atoms with Gasteiger partial charge in [-0.25, -0.2) is 9.18 Å². The third kappa shape index (κ3) is 5.90. The molecule has 0 spiro atoms. The molecular formula is C18H17FN2O5. The van der Waals surface area contributed by atoms with E-state index in [0.29, 0.717) is 11.4 Å². The predicted molar refractivity (Wildman–Crippen MR) is 91.3 cm³/mol. The summed E-state index contributed by atoms with van der Waals surface area (Å²) in [5.74, 6) is -1.62. The van der Waals surface area contributed by atoms with Crippen molar-refractivity contribution < 1.29 is 28.2 Å². The Morgan fingerprint density at radius 2 is 1.62 bits per heavy atom. The average Bonchev–Trinajstić information content (AvgIpc) is 2.66. The van der Waals surface area contributed by atoms with Gasteiger partial charge in [0.05, 0.1) is 19.2 Å². The zero-order valence-corrected chi connectivity index (χ0v) is 14.0. The number of ether oxygens (including phenoxy) is 2. The number of carbonyl (C=O) groups excluding carboxylic acids is 3. The van der Waals surface area contributed by atoms with E-state index < -0.39 is 30.2 Å². The summed E-state index contributed by atoms with van der Waals surface area (Å²) in [6.45, 7) is -0.828. The second-order valence-corrected chi connectivity index (χ2v) is 5.14. The van der Waals surface area contributed by atoms with Crippen molar-refractivity contribution in [2.45, 2.75) is 0 Å². The van der Waals surface area contributed by atoms with Crippen LogP contribution in [0, 0.1) is 5.82 Å². The van der Waals surface area contributed by atoms with E-state index in [4.69, 9.17) is 9.47 Å². The highest BCUT2D eigenvalue weighted by molar-refractivity contribution is 5.95. The summed E-state index contributed by atoms with van der Waals surface area (Å²) in [4.78, 5) is 35.1. The number of anilines is 1. The van der Waals surface area contributed by atoms with Crippen molar-refractivity contribution in [3.8, 4) is 5.75 Å². The van der Waals surface area contributed by atoms with Crippen LogP contribution in [0.4, 0.5) is 10.1 Å². The van der Waals surface area contributed by atoms with Crippen molar-refractivity contribution in [3.63, 3.8) is 0 Å². The van der Waals surface area contributed by atoms with Gasteiger partial charge in [0.25, 0.3) is 5.91 Å². The fourth-order valence-corrected chi connectivity index (χ4v) is 1.91. The average molecular weight is 360 g/mol. The van der Waals surface area contributed by atoms with Crippen LogP contribution in [-0.4, -0.2) is 38.0 Å². The standard InChI is InChI=1S/C18H17FN2O5/c1-25-15-8-2-12(3-9-15)18(24)26-11-17(23)20-10-16(22)21-14-6-4-13(19)5-7-14/h2-9H,10-11H2,1H3,(H,20,23)(H,21,22). The number of nitrogens with one attached hydrogen (secondary N) is 2. The van der Waals surface area contributed by atoms with Gasteiger partial charge in [-0.2, -0.15) is 0 Å². The van der Waals surface area contributed by atoms with Crippen LogP contribution in [0.2, 0.25) is 0 Å². The molecule has 2 aromatic rings. The van der Waals surface area contributed by atoms with Crippen LogP contribution in [0.5, 0.6) is 5.75 Å². The van der Waals surface area contributed by atoms with Crippen molar-refractivity contribution in [2.75, 3.05) is 25.6 Å². The second kappa shape index (κ2) is 9.16. The lowest BCUT2D eigenvalue weighted by Gasteiger charge is -2.08. The molecule has 2 aromatic carbocycles. The summed E-state index contributed by atoms with van der Waals surface area (Å²) in [7, 11) is 1.50. The molecule has 2 rings (SSSR count). The topological polar surface area (TPSA) is 93.7 Å². The number of hydrogen-bond donors (Lipinski definition) is 2. The number of carbonyl (C=O) groups is 3. The van der Waals surface area contributed by atoms with Gasteiger partial charge in [-0.05, 0) is 48.5 Å². The highest BCUT2D eigenvalue weighted by Gasteiger charge is 2.11. The first-order chi connectivity index (χ1) is 12.5. The van der Waals surface area contributed by atoms with Crippen LogP contribution in [0.15, 0.2) is 48.5 Å². The van der Waals surface area contributed by atoms with Gasteiger partial charge in [-0.1, -0.05) is 0 Å². The van der Waals surface area contributed by atoms with Gasteiger partial charge in [0.1, 0.15) is 11.6 Å². The zero-order chi connectivity index (χ0) is 18.9. The van der Waals surface area contributed by atoms with Crippen LogP contribution in [0.25, 0.3) is 0 Å². The van der Waals surface area contributed by atoms with Crippen LogP contribution in [0.1, 0.15) is 10.4 Å². The summed E-state index contributed by atoms with van der Waals surface area (Å²) in [6.07, 6.45) is 0. The largest absolute Gasteiger partial charge is 0.497 e. The Balaban J connectivity index is 1.71. The highest BCUT2D eigenvalue weighted by Crippen LogP contribution is 2.12. The van der Waals surface area contributed by atoms with E-state index in [9.17, 15) is 18.8 Å². The summed E-state index contributed by atoms with van der Waals surface area (Å²) < 4.78 is 22.6. The third-order valence-electron chi connectivity index (χ3n) is 3.23. The van der Waals surface area contributed by atoms with Gasteiger partial charge < -0.3 is 20.1 Å². The number of rotatable bonds is 7. The maximum Gasteiger partial charge on any atom is 0.338 e. The minimum absolute atomic E-state index is 0.271. The van der Waals surface area contributed by atoms with Crippen molar-refractivity contribution in [1.82, 2.24) is 5.32 Å². The number of halogens is 1. The predicted octanol–water partition coefficient (Wildman–Crippen LogP) is 1.75. The maximum atomic E-state index is 12.8. The lowest BCUT2D eigenvalue weighted by Crippen LogP contribution is -2.35. The quantitative estimate of drug-likeness (QED) is 0.734. The summed E-state index contributed by atoms with van der Waals surface area (Å²) in [5, 5.41) is 4.80. The van der Waals surface area contributed by atoms with E-state index in [0.717, 1.165) is 0 Å². The first-order valence-electron chi connectivity index (χ1n) is 7.61. The fourth-order valence-electron chi connectivity index (χ4n) is 1.91. The molecule has 0 heterocycles. The first-order valence-corrected chi connectivity index (χ1v) is 7.61. The highest BCUT2D eigenvalue weighted by atomic mass is 19.1.